The smallest absolute Gasteiger partial charge is 0.279 e. The standard InChI is InChI=1S/C13H16N2O2S/c16-12(13(18)15-6-8-17-9-7-15)14-10-11-4-2-1-3-5-11/h1-5H,6-10H2,(H,14,16). The molecule has 1 amide bonds. The number of hydrogen-bond acceptors (Lipinski definition) is 3. The van der Waals surface area contributed by atoms with Gasteiger partial charge in [0.05, 0.1) is 13.2 Å². The second kappa shape index (κ2) is 6.47. The maximum absolute atomic E-state index is 11.9. The van der Waals surface area contributed by atoms with Crippen LogP contribution in [0.4, 0.5) is 0 Å². The summed E-state index contributed by atoms with van der Waals surface area (Å²) in [5.74, 6) is -0.184. The summed E-state index contributed by atoms with van der Waals surface area (Å²) in [6.07, 6.45) is 0. The van der Waals surface area contributed by atoms with E-state index in [0.717, 1.165) is 5.56 Å². The Bertz CT molecular complexity index is 416. The fraction of sp³-hybridized carbons (Fsp3) is 0.385. The molecule has 1 aromatic rings. The highest BCUT2D eigenvalue weighted by Gasteiger charge is 2.19. The number of carbonyl (C=O) groups excluding carboxylic acids is 1. The highest BCUT2D eigenvalue weighted by molar-refractivity contribution is 7.82. The van der Waals surface area contributed by atoms with Crippen LogP contribution in [0.25, 0.3) is 0 Å². The minimum atomic E-state index is -0.184. The Morgan fingerprint density at radius 2 is 1.94 bits per heavy atom. The predicted octanol–water partition coefficient (Wildman–Crippen LogP) is 0.962. The second-order valence-corrected chi connectivity index (χ2v) is 4.46. The van der Waals surface area contributed by atoms with Crippen LogP contribution in [0.1, 0.15) is 5.56 Å². The van der Waals surface area contributed by atoms with Crippen LogP contribution in [0.5, 0.6) is 0 Å². The average Bonchev–Trinajstić information content (AvgIpc) is 2.46. The summed E-state index contributed by atoms with van der Waals surface area (Å²) in [5.41, 5.74) is 1.07. The van der Waals surface area contributed by atoms with Crippen LogP contribution in [-0.4, -0.2) is 42.1 Å². The van der Waals surface area contributed by atoms with Crippen LogP contribution >= 0.6 is 12.2 Å². The van der Waals surface area contributed by atoms with Gasteiger partial charge >= 0.3 is 0 Å². The van der Waals surface area contributed by atoms with Gasteiger partial charge in [-0.3, -0.25) is 4.79 Å². The van der Waals surface area contributed by atoms with Crippen LogP contribution in [0.2, 0.25) is 0 Å². The molecular weight excluding hydrogens is 248 g/mol. The fourth-order valence-electron chi connectivity index (χ4n) is 1.76. The number of morpholine rings is 1. The molecule has 1 aliphatic rings. The Labute approximate surface area is 112 Å². The largest absolute Gasteiger partial charge is 0.378 e. The van der Waals surface area contributed by atoms with Gasteiger partial charge in [-0.15, -0.1) is 0 Å². The third-order valence-corrected chi connectivity index (χ3v) is 3.23. The van der Waals surface area contributed by atoms with Gasteiger partial charge in [-0.25, -0.2) is 0 Å². The highest BCUT2D eigenvalue weighted by Crippen LogP contribution is 2.01. The van der Waals surface area contributed by atoms with Crippen molar-refractivity contribution in [1.29, 1.82) is 0 Å². The monoisotopic (exact) mass is 264 g/mol. The van der Waals surface area contributed by atoms with Crippen LogP contribution in [0.15, 0.2) is 30.3 Å². The molecule has 0 spiro atoms. The molecule has 0 aromatic heterocycles. The molecule has 0 unspecified atom stereocenters. The average molecular weight is 264 g/mol. The number of nitrogens with one attached hydrogen (secondary N) is 1. The third-order valence-electron chi connectivity index (χ3n) is 2.79. The first-order chi connectivity index (χ1) is 8.77. The number of amides is 1. The minimum absolute atomic E-state index is 0.184. The molecule has 0 bridgehead atoms. The molecule has 1 N–H and O–H groups in total. The predicted molar refractivity (Wildman–Crippen MR) is 73.3 cm³/mol. The van der Waals surface area contributed by atoms with Crippen molar-refractivity contribution in [1.82, 2.24) is 10.2 Å². The summed E-state index contributed by atoms with van der Waals surface area (Å²) in [7, 11) is 0. The molecule has 1 aliphatic heterocycles. The maximum Gasteiger partial charge on any atom is 0.279 e. The van der Waals surface area contributed by atoms with E-state index in [-0.39, 0.29) is 5.91 Å². The lowest BCUT2D eigenvalue weighted by atomic mass is 10.2. The van der Waals surface area contributed by atoms with E-state index < -0.39 is 0 Å². The van der Waals surface area contributed by atoms with Gasteiger partial charge in [-0.05, 0) is 5.56 Å². The zero-order valence-electron chi connectivity index (χ0n) is 10.1. The molecule has 0 atom stereocenters. The van der Waals surface area contributed by atoms with E-state index in [2.05, 4.69) is 5.32 Å². The number of benzene rings is 1. The molecule has 18 heavy (non-hydrogen) atoms. The fourth-order valence-corrected chi connectivity index (χ4v) is 2.02. The summed E-state index contributed by atoms with van der Waals surface area (Å²) < 4.78 is 5.23. The number of carbonyl (C=O) groups is 1. The van der Waals surface area contributed by atoms with E-state index in [4.69, 9.17) is 17.0 Å². The molecular formula is C13H16N2O2S. The first-order valence-electron chi connectivity index (χ1n) is 5.96. The van der Waals surface area contributed by atoms with Crippen LogP contribution in [-0.2, 0) is 16.1 Å². The normalized spacial score (nSPS) is 15.2. The number of nitrogens with zero attached hydrogens (tertiary/aromatic N) is 1. The molecule has 5 heteroatoms. The van der Waals surface area contributed by atoms with Gasteiger partial charge in [0.2, 0.25) is 0 Å². The molecule has 1 aromatic carbocycles. The van der Waals surface area contributed by atoms with E-state index in [9.17, 15) is 4.79 Å². The van der Waals surface area contributed by atoms with Crippen molar-refractivity contribution in [2.45, 2.75) is 6.54 Å². The number of thiocarbonyl (C=S) groups is 1. The lowest BCUT2D eigenvalue weighted by Crippen LogP contribution is -2.46. The third kappa shape index (κ3) is 3.51. The van der Waals surface area contributed by atoms with E-state index >= 15 is 0 Å². The summed E-state index contributed by atoms with van der Waals surface area (Å²) >= 11 is 5.17. The first kappa shape index (κ1) is 13.0. The minimum Gasteiger partial charge on any atom is -0.378 e. The highest BCUT2D eigenvalue weighted by atomic mass is 32.1. The van der Waals surface area contributed by atoms with Crippen LogP contribution in [0.3, 0.4) is 0 Å². The van der Waals surface area contributed by atoms with Gasteiger partial charge in [0, 0.05) is 19.6 Å². The summed E-state index contributed by atoms with van der Waals surface area (Å²) in [4.78, 5) is 14.1. The van der Waals surface area contributed by atoms with Gasteiger partial charge in [0.1, 0.15) is 0 Å². The molecule has 1 heterocycles. The van der Waals surface area contributed by atoms with Crippen molar-refractivity contribution in [3.05, 3.63) is 35.9 Å². The molecule has 0 aliphatic carbocycles. The summed E-state index contributed by atoms with van der Waals surface area (Å²) in [6.45, 7) is 3.15. The van der Waals surface area contributed by atoms with Crippen molar-refractivity contribution in [2.75, 3.05) is 26.3 Å². The van der Waals surface area contributed by atoms with E-state index in [1.54, 1.807) is 0 Å². The number of ether oxygens (including phenoxy) is 1. The van der Waals surface area contributed by atoms with E-state index in [1.165, 1.54) is 0 Å². The van der Waals surface area contributed by atoms with Crippen molar-refractivity contribution < 1.29 is 9.53 Å². The van der Waals surface area contributed by atoms with Crippen LogP contribution < -0.4 is 5.32 Å². The maximum atomic E-state index is 11.9. The zero-order chi connectivity index (χ0) is 12.8. The quantitative estimate of drug-likeness (QED) is 0.808. The summed E-state index contributed by atoms with van der Waals surface area (Å²) in [5, 5.41) is 2.83. The number of hydrogen-bond donors (Lipinski definition) is 1. The van der Waals surface area contributed by atoms with Gasteiger partial charge in [-0.1, -0.05) is 42.5 Å². The summed E-state index contributed by atoms with van der Waals surface area (Å²) in [6, 6.07) is 9.78. The molecule has 0 radical (unpaired) electrons. The number of rotatable bonds is 2. The van der Waals surface area contributed by atoms with Gasteiger partial charge < -0.3 is 15.0 Å². The second-order valence-electron chi connectivity index (χ2n) is 4.07. The van der Waals surface area contributed by atoms with Crippen molar-refractivity contribution in [3.8, 4) is 0 Å². The van der Waals surface area contributed by atoms with Gasteiger partial charge in [-0.2, -0.15) is 0 Å². The molecule has 4 nitrogen and oxygen atoms in total. The Balaban J connectivity index is 1.82. The topological polar surface area (TPSA) is 41.6 Å². The zero-order valence-corrected chi connectivity index (χ0v) is 10.9. The molecule has 1 fully saturated rings. The lowest BCUT2D eigenvalue weighted by molar-refractivity contribution is -0.115. The van der Waals surface area contributed by atoms with Crippen molar-refractivity contribution in [2.24, 2.45) is 0 Å². The van der Waals surface area contributed by atoms with Gasteiger partial charge in [0.15, 0.2) is 4.99 Å². The lowest BCUT2D eigenvalue weighted by Gasteiger charge is -2.28. The molecule has 96 valence electrons. The molecule has 0 saturated carbocycles. The van der Waals surface area contributed by atoms with Crippen molar-refractivity contribution in [3.63, 3.8) is 0 Å². The first-order valence-corrected chi connectivity index (χ1v) is 6.37. The Morgan fingerprint density at radius 1 is 1.28 bits per heavy atom. The molecule has 1 saturated heterocycles. The van der Waals surface area contributed by atoms with Gasteiger partial charge in [0.25, 0.3) is 5.91 Å². The Kier molecular flexibility index (Phi) is 4.66. The van der Waals surface area contributed by atoms with Crippen molar-refractivity contribution >= 4 is 23.1 Å². The SMILES string of the molecule is O=C(NCc1ccccc1)C(=S)N1CCOCC1. The Hall–Kier alpha value is -1.46. The molecule has 2 rings (SSSR count). The van der Waals surface area contributed by atoms with Crippen LogP contribution in [0, 0.1) is 0 Å². The van der Waals surface area contributed by atoms with E-state index in [0.29, 0.717) is 37.8 Å². The Morgan fingerprint density at radius 3 is 2.61 bits per heavy atom. The van der Waals surface area contributed by atoms with E-state index in [1.807, 2.05) is 35.2 Å².